The number of Topliss-reactive ketones (excluding diaryl/α,β-unsaturated/α-hetero) is 1. The molecule has 1 fully saturated rings. The predicted octanol–water partition coefficient (Wildman–Crippen LogP) is 3.98. The van der Waals surface area contributed by atoms with E-state index in [9.17, 15) is 23.1 Å². The molecular formula is C21H22F3NO3. The molecule has 0 aliphatic carbocycles. The Morgan fingerprint density at radius 3 is 2.21 bits per heavy atom. The van der Waals surface area contributed by atoms with Gasteiger partial charge in [0.15, 0.2) is 5.78 Å². The zero-order valence-electron chi connectivity index (χ0n) is 15.9. The summed E-state index contributed by atoms with van der Waals surface area (Å²) >= 11 is 0. The van der Waals surface area contributed by atoms with Crippen LogP contribution in [0, 0.1) is 5.41 Å². The molecule has 0 unspecified atom stereocenters. The second kappa shape index (κ2) is 6.90. The number of likely N-dealkylation sites (tertiary alicyclic amines) is 1. The molecule has 1 saturated heterocycles. The van der Waals surface area contributed by atoms with Crippen LogP contribution in [0.2, 0.25) is 0 Å². The summed E-state index contributed by atoms with van der Waals surface area (Å²) in [5, 5.41) is 11.9. The maximum absolute atomic E-state index is 12.4. The highest BCUT2D eigenvalue weighted by atomic mass is 19.4. The molecule has 1 aliphatic heterocycles. The van der Waals surface area contributed by atoms with E-state index in [0.717, 1.165) is 0 Å². The molecule has 2 aromatic carbocycles. The number of rotatable bonds is 5. The number of benzene rings is 2. The predicted molar refractivity (Wildman–Crippen MR) is 98.2 cm³/mol. The summed E-state index contributed by atoms with van der Waals surface area (Å²) in [4.78, 5) is 13.9. The molecule has 28 heavy (non-hydrogen) atoms. The maximum atomic E-state index is 12.4. The first-order valence-electron chi connectivity index (χ1n) is 8.83. The van der Waals surface area contributed by atoms with Crippen LogP contribution in [-0.2, 0) is 5.60 Å². The van der Waals surface area contributed by atoms with Gasteiger partial charge in [0.05, 0.1) is 0 Å². The van der Waals surface area contributed by atoms with Gasteiger partial charge in [-0.3, -0.25) is 4.79 Å². The maximum Gasteiger partial charge on any atom is 0.573 e. The van der Waals surface area contributed by atoms with Gasteiger partial charge in [0.1, 0.15) is 11.4 Å². The van der Waals surface area contributed by atoms with Gasteiger partial charge in [-0.05, 0) is 43.3 Å². The standard InChI is InChI=1S/C21H22F3NO3/c1-14(26)15-5-4-6-17(11-15)20(27,19(2)12-25(3)13-19)16-7-9-18(10-8-16)28-21(22,23)24/h4-11,27H,12-13H2,1-3H3/t20-/m0/s1. The molecule has 1 atom stereocenters. The summed E-state index contributed by atoms with van der Waals surface area (Å²) in [5.74, 6) is -0.485. The highest BCUT2D eigenvalue weighted by Gasteiger charge is 2.55. The lowest BCUT2D eigenvalue weighted by atomic mass is 9.62. The van der Waals surface area contributed by atoms with Crippen LogP contribution in [0.1, 0.15) is 35.3 Å². The molecule has 1 aliphatic rings. The molecule has 1 heterocycles. The van der Waals surface area contributed by atoms with Crippen LogP contribution in [0.5, 0.6) is 5.75 Å². The van der Waals surface area contributed by atoms with Gasteiger partial charge in [-0.25, -0.2) is 0 Å². The zero-order valence-corrected chi connectivity index (χ0v) is 15.9. The molecule has 150 valence electrons. The van der Waals surface area contributed by atoms with Crippen LogP contribution in [0.3, 0.4) is 0 Å². The minimum atomic E-state index is -4.78. The fraction of sp³-hybridized carbons (Fsp3) is 0.381. The summed E-state index contributed by atoms with van der Waals surface area (Å²) in [6, 6.07) is 12.0. The number of ketones is 1. The molecule has 0 saturated carbocycles. The molecule has 0 amide bonds. The Balaban J connectivity index is 2.08. The van der Waals surface area contributed by atoms with Crippen molar-refractivity contribution in [3.63, 3.8) is 0 Å². The molecule has 0 spiro atoms. The van der Waals surface area contributed by atoms with Crippen LogP contribution in [0.15, 0.2) is 48.5 Å². The Hall–Kier alpha value is -2.38. The van der Waals surface area contributed by atoms with Gasteiger partial charge in [0.25, 0.3) is 0 Å². The largest absolute Gasteiger partial charge is 0.573 e. The van der Waals surface area contributed by atoms with E-state index in [2.05, 4.69) is 4.74 Å². The number of ether oxygens (including phenoxy) is 1. The molecular weight excluding hydrogens is 371 g/mol. The van der Waals surface area contributed by atoms with Crippen LogP contribution in [0.4, 0.5) is 13.2 Å². The summed E-state index contributed by atoms with van der Waals surface area (Å²) in [6.07, 6.45) is -4.78. The van der Waals surface area contributed by atoms with Gasteiger partial charge in [0.2, 0.25) is 0 Å². The Morgan fingerprint density at radius 2 is 1.71 bits per heavy atom. The third-order valence-electron chi connectivity index (χ3n) is 5.30. The zero-order chi connectivity index (χ0) is 20.7. The summed E-state index contributed by atoms with van der Waals surface area (Å²) in [5.41, 5.74) is -0.631. The number of halogens is 3. The van der Waals surface area contributed by atoms with E-state index in [1.54, 1.807) is 24.3 Å². The van der Waals surface area contributed by atoms with Crippen molar-refractivity contribution in [3.8, 4) is 5.75 Å². The Labute approximate surface area is 161 Å². The van der Waals surface area contributed by atoms with Gasteiger partial charge in [-0.2, -0.15) is 0 Å². The van der Waals surface area contributed by atoms with Gasteiger partial charge >= 0.3 is 6.36 Å². The fourth-order valence-corrected chi connectivity index (χ4v) is 4.10. The lowest BCUT2D eigenvalue weighted by Gasteiger charge is -2.56. The molecule has 0 radical (unpaired) electrons. The van der Waals surface area contributed by atoms with Crippen molar-refractivity contribution < 1.29 is 27.8 Å². The van der Waals surface area contributed by atoms with Crippen molar-refractivity contribution in [2.24, 2.45) is 5.41 Å². The topological polar surface area (TPSA) is 49.8 Å². The molecule has 4 nitrogen and oxygen atoms in total. The van der Waals surface area contributed by atoms with Crippen molar-refractivity contribution in [1.29, 1.82) is 0 Å². The van der Waals surface area contributed by atoms with Gasteiger partial charge in [-0.1, -0.05) is 37.3 Å². The fourth-order valence-electron chi connectivity index (χ4n) is 4.10. The van der Waals surface area contributed by atoms with Crippen LogP contribution >= 0.6 is 0 Å². The van der Waals surface area contributed by atoms with Crippen molar-refractivity contribution in [1.82, 2.24) is 4.90 Å². The number of nitrogens with zero attached hydrogens (tertiary/aromatic N) is 1. The third-order valence-corrected chi connectivity index (χ3v) is 5.30. The first-order chi connectivity index (χ1) is 12.9. The Kier molecular flexibility index (Phi) is 5.02. The van der Waals surface area contributed by atoms with E-state index >= 15 is 0 Å². The molecule has 3 rings (SSSR count). The van der Waals surface area contributed by atoms with Gasteiger partial charge in [-0.15, -0.1) is 13.2 Å². The minimum absolute atomic E-state index is 0.131. The SMILES string of the molecule is CC(=O)c1cccc([C@@](O)(c2ccc(OC(F)(F)F)cc2)C2(C)CN(C)C2)c1. The summed E-state index contributed by atoms with van der Waals surface area (Å²) in [7, 11) is 1.93. The first-order valence-corrected chi connectivity index (χ1v) is 8.83. The monoisotopic (exact) mass is 393 g/mol. The van der Waals surface area contributed by atoms with E-state index in [0.29, 0.717) is 29.8 Å². The first kappa shape index (κ1) is 20.4. The number of hydrogen-bond donors (Lipinski definition) is 1. The smallest absolute Gasteiger partial charge is 0.406 e. The average molecular weight is 393 g/mol. The van der Waals surface area contributed by atoms with Crippen molar-refractivity contribution in [2.45, 2.75) is 25.8 Å². The third kappa shape index (κ3) is 3.64. The van der Waals surface area contributed by atoms with Gasteiger partial charge in [0, 0.05) is 24.1 Å². The molecule has 0 bridgehead atoms. The molecule has 2 aromatic rings. The van der Waals surface area contributed by atoms with E-state index < -0.39 is 17.4 Å². The van der Waals surface area contributed by atoms with Crippen molar-refractivity contribution in [2.75, 3.05) is 20.1 Å². The lowest BCUT2D eigenvalue weighted by Crippen LogP contribution is -2.63. The molecule has 7 heteroatoms. The highest BCUT2D eigenvalue weighted by molar-refractivity contribution is 5.94. The number of aliphatic hydroxyl groups is 1. The van der Waals surface area contributed by atoms with E-state index in [-0.39, 0.29) is 11.5 Å². The van der Waals surface area contributed by atoms with E-state index in [1.165, 1.54) is 31.2 Å². The summed E-state index contributed by atoms with van der Waals surface area (Å²) < 4.78 is 41.3. The van der Waals surface area contributed by atoms with Crippen LogP contribution < -0.4 is 4.74 Å². The van der Waals surface area contributed by atoms with Crippen molar-refractivity contribution >= 4 is 5.78 Å². The second-order valence-corrected chi connectivity index (χ2v) is 7.65. The number of hydrogen-bond acceptors (Lipinski definition) is 4. The highest BCUT2D eigenvalue weighted by Crippen LogP contribution is 2.50. The van der Waals surface area contributed by atoms with E-state index in [1.807, 2.05) is 18.9 Å². The number of carbonyl (C=O) groups is 1. The van der Waals surface area contributed by atoms with Gasteiger partial charge < -0.3 is 14.7 Å². The average Bonchev–Trinajstić information content (AvgIpc) is 2.59. The minimum Gasteiger partial charge on any atom is -0.406 e. The second-order valence-electron chi connectivity index (χ2n) is 7.65. The Bertz CT molecular complexity index is 873. The van der Waals surface area contributed by atoms with Crippen molar-refractivity contribution in [3.05, 3.63) is 65.2 Å². The summed E-state index contributed by atoms with van der Waals surface area (Å²) in [6.45, 7) is 4.55. The molecule has 1 N–H and O–H groups in total. The van der Waals surface area contributed by atoms with Crippen LogP contribution in [0.25, 0.3) is 0 Å². The Morgan fingerprint density at radius 1 is 1.11 bits per heavy atom. The quantitative estimate of drug-likeness (QED) is 0.781. The lowest BCUT2D eigenvalue weighted by molar-refractivity contribution is -0.274. The number of carbonyl (C=O) groups excluding carboxylic acids is 1. The van der Waals surface area contributed by atoms with E-state index in [4.69, 9.17) is 0 Å². The molecule has 0 aromatic heterocycles. The number of alkyl halides is 3. The normalized spacial score (nSPS) is 18.8. The van der Waals surface area contributed by atoms with Crippen LogP contribution in [-0.4, -0.2) is 42.3 Å².